The quantitative estimate of drug-likeness (QED) is 0.608. The lowest BCUT2D eigenvalue weighted by Gasteiger charge is -2.11. The van der Waals surface area contributed by atoms with Gasteiger partial charge in [0.15, 0.2) is 0 Å². The van der Waals surface area contributed by atoms with Gasteiger partial charge in [-0.25, -0.2) is 4.79 Å². The fourth-order valence-electron chi connectivity index (χ4n) is 2.23. The average Bonchev–Trinajstić information content (AvgIpc) is 2.79. The summed E-state index contributed by atoms with van der Waals surface area (Å²) in [5, 5.41) is 2.24. The fraction of sp³-hybridized carbons (Fsp3) is 0.133. The van der Waals surface area contributed by atoms with Gasteiger partial charge in [0.05, 0.1) is 11.5 Å². The average molecular weight is 259 g/mol. The second-order valence-electron chi connectivity index (χ2n) is 4.22. The minimum atomic E-state index is -0.322. The van der Waals surface area contributed by atoms with Crippen molar-refractivity contribution in [3.8, 4) is 0 Å². The molecule has 0 bridgehead atoms. The molecule has 1 aliphatic rings. The summed E-state index contributed by atoms with van der Waals surface area (Å²) in [4.78, 5) is 11.6. The van der Waals surface area contributed by atoms with Gasteiger partial charge in [-0.1, -0.05) is 42.5 Å². The third-order valence-electron chi connectivity index (χ3n) is 3.12. The molecule has 0 radical (unpaired) electrons. The van der Waals surface area contributed by atoms with Crippen molar-refractivity contribution in [1.82, 2.24) is 0 Å². The lowest BCUT2D eigenvalue weighted by molar-refractivity contribution is -0.139. The van der Waals surface area contributed by atoms with Crippen LogP contribution in [-0.2, 0) is 9.53 Å². The van der Waals surface area contributed by atoms with Crippen molar-refractivity contribution in [2.45, 2.75) is 6.10 Å². The van der Waals surface area contributed by atoms with Crippen LogP contribution in [0.4, 0.5) is 0 Å². The van der Waals surface area contributed by atoms with Gasteiger partial charge in [0.2, 0.25) is 0 Å². The smallest absolute Gasteiger partial charge is 0.335 e. The first kappa shape index (κ1) is 11.3. The fourth-order valence-corrected chi connectivity index (χ4v) is 2.42. The number of carbonyl (C=O) groups is 1. The highest BCUT2D eigenvalue weighted by Crippen LogP contribution is 2.32. The van der Waals surface area contributed by atoms with Gasteiger partial charge in [0, 0.05) is 5.56 Å². The van der Waals surface area contributed by atoms with Gasteiger partial charge in [-0.15, -0.1) is 11.6 Å². The van der Waals surface area contributed by atoms with Crippen molar-refractivity contribution in [3.05, 3.63) is 59.7 Å². The van der Waals surface area contributed by atoms with Crippen LogP contribution < -0.4 is 0 Å². The predicted octanol–water partition coefficient (Wildman–Crippen LogP) is 3.60. The van der Waals surface area contributed by atoms with Crippen molar-refractivity contribution in [2.24, 2.45) is 0 Å². The number of cyclic esters (lactones) is 1. The number of fused-ring (bicyclic) bond motifs is 1. The van der Waals surface area contributed by atoms with Crippen LogP contribution in [0.3, 0.4) is 0 Å². The number of carbonyl (C=O) groups excluding carboxylic acids is 1. The SMILES string of the molecule is O=C1OC(c2cccc3ccccc23)C=C1CCl. The minimum absolute atomic E-state index is 0.195. The molecule has 0 aromatic heterocycles. The molecule has 3 rings (SSSR count). The van der Waals surface area contributed by atoms with Crippen molar-refractivity contribution >= 4 is 28.3 Å². The Kier molecular flexibility index (Phi) is 2.80. The van der Waals surface area contributed by atoms with Crippen LogP contribution in [0.25, 0.3) is 10.8 Å². The second-order valence-corrected chi connectivity index (χ2v) is 4.49. The van der Waals surface area contributed by atoms with Crippen LogP contribution in [0.2, 0.25) is 0 Å². The number of halogens is 1. The zero-order valence-corrected chi connectivity index (χ0v) is 10.4. The summed E-state index contributed by atoms with van der Waals surface area (Å²) in [5.41, 5.74) is 1.54. The lowest BCUT2D eigenvalue weighted by Crippen LogP contribution is -2.03. The Morgan fingerprint density at radius 3 is 2.67 bits per heavy atom. The highest BCUT2D eigenvalue weighted by molar-refractivity contribution is 6.22. The highest BCUT2D eigenvalue weighted by atomic mass is 35.5. The molecule has 0 saturated heterocycles. The molecule has 0 fully saturated rings. The van der Waals surface area contributed by atoms with E-state index < -0.39 is 0 Å². The molecule has 2 aromatic rings. The molecule has 1 atom stereocenters. The zero-order valence-electron chi connectivity index (χ0n) is 9.60. The van der Waals surface area contributed by atoms with Gasteiger partial charge >= 0.3 is 5.97 Å². The van der Waals surface area contributed by atoms with E-state index in [9.17, 15) is 4.79 Å². The van der Waals surface area contributed by atoms with Crippen LogP contribution in [0.15, 0.2) is 54.1 Å². The molecular weight excluding hydrogens is 248 g/mol. The van der Waals surface area contributed by atoms with Crippen LogP contribution in [0.1, 0.15) is 11.7 Å². The Morgan fingerprint density at radius 1 is 1.11 bits per heavy atom. The molecule has 90 valence electrons. The topological polar surface area (TPSA) is 26.3 Å². The van der Waals surface area contributed by atoms with Gasteiger partial charge in [0.25, 0.3) is 0 Å². The molecule has 1 unspecified atom stereocenters. The Balaban J connectivity index is 2.11. The summed E-state index contributed by atoms with van der Waals surface area (Å²) in [6.45, 7) is 0. The molecule has 1 aliphatic heterocycles. The molecule has 0 spiro atoms. The number of ether oxygens (including phenoxy) is 1. The van der Waals surface area contributed by atoms with Gasteiger partial charge in [-0.3, -0.25) is 0 Å². The summed E-state index contributed by atoms with van der Waals surface area (Å²) in [6.07, 6.45) is 1.48. The van der Waals surface area contributed by atoms with E-state index in [0.717, 1.165) is 16.3 Å². The summed E-state index contributed by atoms with van der Waals surface area (Å²) in [5.74, 6) is -0.122. The highest BCUT2D eigenvalue weighted by Gasteiger charge is 2.26. The van der Waals surface area contributed by atoms with E-state index in [-0.39, 0.29) is 18.0 Å². The van der Waals surface area contributed by atoms with E-state index in [1.165, 1.54) is 0 Å². The molecule has 18 heavy (non-hydrogen) atoms. The van der Waals surface area contributed by atoms with E-state index in [1.54, 1.807) is 6.08 Å². The summed E-state index contributed by atoms with van der Waals surface area (Å²) < 4.78 is 5.34. The Hall–Kier alpha value is -1.80. The number of hydrogen-bond donors (Lipinski definition) is 0. The van der Waals surface area contributed by atoms with E-state index in [0.29, 0.717) is 5.57 Å². The molecule has 0 aliphatic carbocycles. The normalized spacial score (nSPS) is 18.8. The van der Waals surface area contributed by atoms with Crippen molar-refractivity contribution in [1.29, 1.82) is 0 Å². The maximum absolute atomic E-state index is 11.6. The predicted molar refractivity (Wildman–Crippen MR) is 71.6 cm³/mol. The third-order valence-corrected chi connectivity index (χ3v) is 3.41. The van der Waals surface area contributed by atoms with Crippen LogP contribution >= 0.6 is 11.6 Å². The van der Waals surface area contributed by atoms with Gasteiger partial charge in [0.1, 0.15) is 6.10 Å². The molecule has 1 heterocycles. The molecule has 0 N–H and O–H groups in total. The zero-order chi connectivity index (χ0) is 12.5. The van der Waals surface area contributed by atoms with Crippen LogP contribution in [-0.4, -0.2) is 11.8 Å². The second kappa shape index (κ2) is 4.46. The van der Waals surface area contributed by atoms with E-state index >= 15 is 0 Å². The lowest BCUT2D eigenvalue weighted by atomic mass is 10.00. The first-order chi connectivity index (χ1) is 8.79. The summed E-state index contributed by atoms with van der Waals surface area (Å²) in [7, 11) is 0. The third kappa shape index (κ3) is 1.79. The van der Waals surface area contributed by atoms with Gasteiger partial charge in [-0.2, -0.15) is 0 Å². The molecule has 2 aromatic carbocycles. The largest absolute Gasteiger partial charge is 0.450 e. The molecule has 0 saturated carbocycles. The van der Waals surface area contributed by atoms with E-state index in [2.05, 4.69) is 0 Å². The number of esters is 1. The molecule has 2 nitrogen and oxygen atoms in total. The standard InChI is InChI=1S/C15H11ClO2/c16-9-11-8-14(18-15(11)17)13-7-3-5-10-4-1-2-6-12(10)13/h1-8,14H,9H2. The Morgan fingerprint density at radius 2 is 1.89 bits per heavy atom. The maximum atomic E-state index is 11.6. The van der Waals surface area contributed by atoms with E-state index in [4.69, 9.17) is 16.3 Å². The monoisotopic (exact) mass is 258 g/mol. The van der Waals surface area contributed by atoms with Gasteiger partial charge < -0.3 is 4.74 Å². The van der Waals surface area contributed by atoms with Crippen LogP contribution in [0, 0.1) is 0 Å². The first-order valence-electron chi connectivity index (χ1n) is 5.75. The molecule has 3 heteroatoms. The summed E-state index contributed by atoms with van der Waals surface area (Å²) in [6, 6.07) is 14.0. The molecular formula is C15H11ClO2. The number of rotatable bonds is 2. The maximum Gasteiger partial charge on any atom is 0.335 e. The Labute approximate surface area is 110 Å². The summed E-state index contributed by atoms with van der Waals surface area (Å²) >= 11 is 5.70. The van der Waals surface area contributed by atoms with Crippen LogP contribution in [0.5, 0.6) is 0 Å². The first-order valence-corrected chi connectivity index (χ1v) is 6.28. The molecule has 0 amide bonds. The van der Waals surface area contributed by atoms with E-state index in [1.807, 2.05) is 42.5 Å². The van der Waals surface area contributed by atoms with Crippen molar-refractivity contribution in [3.63, 3.8) is 0 Å². The van der Waals surface area contributed by atoms with Gasteiger partial charge in [-0.05, 0) is 16.8 Å². The van der Waals surface area contributed by atoms with Crippen molar-refractivity contribution < 1.29 is 9.53 Å². The van der Waals surface area contributed by atoms with Crippen molar-refractivity contribution in [2.75, 3.05) is 5.88 Å². The number of hydrogen-bond acceptors (Lipinski definition) is 2. The minimum Gasteiger partial charge on any atom is -0.450 e. The number of alkyl halides is 1. The number of benzene rings is 2. The Bertz CT molecular complexity index is 640.